The molecule has 148 valence electrons. The zero-order valence-corrected chi connectivity index (χ0v) is 16.0. The number of hydrogen-bond acceptors (Lipinski definition) is 6. The Morgan fingerprint density at radius 2 is 2.14 bits per heavy atom. The van der Waals surface area contributed by atoms with Crippen molar-refractivity contribution in [1.82, 2.24) is 25.5 Å². The largest absolute Gasteiger partial charge is 0.445 e. The number of amides is 1. The zero-order valence-electron chi connectivity index (χ0n) is 16.0. The monoisotopic (exact) mass is 383 g/mol. The van der Waals surface area contributed by atoms with Gasteiger partial charge in [0.25, 0.3) is 0 Å². The van der Waals surface area contributed by atoms with Gasteiger partial charge in [-0.15, -0.1) is 5.10 Å². The van der Waals surface area contributed by atoms with E-state index in [4.69, 9.17) is 4.74 Å². The summed E-state index contributed by atoms with van der Waals surface area (Å²) >= 11 is 0. The Kier molecular flexibility index (Phi) is 6.89. The van der Waals surface area contributed by atoms with Crippen LogP contribution in [0.4, 0.5) is 4.79 Å². The van der Waals surface area contributed by atoms with E-state index in [1.165, 1.54) is 4.68 Å². The van der Waals surface area contributed by atoms with Gasteiger partial charge in [0, 0.05) is 5.92 Å². The summed E-state index contributed by atoms with van der Waals surface area (Å²) in [4.78, 5) is 24.7. The number of hydrogen-bond donors (Lipinski definition) is 1. The summed E-state index contributed by atoms with van der Waals surface area (Å²) in [5.41, 5.74) is 0.885. The van der Waals surface area contributed by atoms with Crippen molar-refractivity contribution in [2.45, 2.75) is 57.7 Å². The molecule has 1 aromatic carbocycles. The normalized spacial score (nSPS) is 17.1. The second-order valence-electron chi connectivity index (χ2n) is 6.79. The smallest absolute Gasteiger partial charge is 0.408 e. The molecular formula is C20H25N5O3. The van der Waals surface area contributed by atoms with Gasteiger partial charge >= 0.3 is 6.09 Å². The predicted octanol–water partition coefficient (Wildman–Crippen LogP) is 2.77. The van der Waals surface area contributed by atoms with Crippen LogP contribution in [0.25, 0.3) is 0 Å². The third-order valence-electron chi connectivity index (χ3n) is 4.75. The molecule has 0 saturated heterocycles. The molecule has 0 saturated carbocycles. The van der Waals surface area contributed by atoms with Crippen LogP contribution in [0.2, 0.25) is 0 Å². The highest BCUT2D eigenvalue weighted by Gasteiger charge is 2.24. The second-order valence-corrected chi connectivity index (χ2v) is 6.79. The van der Waals surface area contributed by atoms with Gasteiger partial charge in [0.1, 0.15) is 13.2 Å². The van der Waals surface area contributed by atoms with Gasteiger partial charge in [-0.3, -0.25) is 4.79 Å². The minimum Gasteiger partial charge on any atom is -0.445 e. The minimum absolute atomic E-state index is 0.0180. The third-order valence-corrected chi connectivity index (χ3v) is 4.75. The van der Waals surface area contributed by atoms with Crippen molar-refractivity contribution in [1.29, 1.82) is 0 Å². The number of Topliss-reactive ketones (excluding diaryl/α,β-unsaturated/α-hetero) is 1. The first-order valence-electron chi connectivity index (χ1n) is 9.60. The van der Waals surface area contributed by atoms with E-state index in [1.807, 2.05) is 37.3 Å². The number of aromatic nitrogens is 4. The van der Waals surface area contributed by atoms with E-state index in [9.17, 15) is 9.59 Å². The summed E-state index contributed by atoms with van der Waals surface area (Å²) in [6.45, 7) is 2.01. The number of carbonyl (C=O) groups is 2. The summed E-state index contributed by atoms with van der Waals surface area (Å²) in [6, 6.07) is 8.73. The maximum atomic E-state index is 12.7. The molecule has 2 atom stereocenters. The Labute approximate surface area is 164 Å². The molecule has 2 unspecified atom stereocenters. The molecule has 8 heteroatoms. The van der Waals surface area contributed by atoms with Crippen LogP contribution in [0.3, 0.4) is 0 Å². The van der Waals surface area contributed by atoms with E-state index >= 15 is 0 Å². The van der Waals surface area contributed by atoms with Crippen molar-refractivity contribution in [3.05, 3.63) is 53.9 Å². The van der Waals surface area contributed by atoms with Crippen molar-refractivity contribution in [3.8, 4) is 0 Å². The number of tetrazole rings is 1. The van der Waals surface area contributed by atoms with Crippen LogP contribution < -0.4 is 5.32 Å². The van der Waals surface area contributed by atoms with Crippen molar-refractivity contribution in [2.24, 2.45) is 0 Å². The fourth-order valence-electron chi connectivity index (χ4n) is 3.19. The van der Waals surface area contributed by atoms with Gasteiger partial charge in [0.15, 0.2) is 11.6 Å². The number of ether oxygens (including phenoxy) is 1. The third kappa shape index (κ3) is 5.25. The van der Waals surface area contributed by atoms with Crippen molar-refractivity contribution in [3.63, 3.8) is 0 Å². The standard InChI is InChI=1S/C20H25N5O3/c1-2-17(21-20(27)28-14-15-9-5-3-6-10-15)18(26)13-25-19(22-23-24-25)16-11-7-4-8-12-16/h3,5-7,9-11,16-17H,2,4,8,12-14H2,1H3,(H,21,27). The second kappa shape index (κ2) is 9.77. The summed E-state index contributed by atoms with van der Waals surface area (Å²) < 4.78 is 6.74. The van der Waals surface area contributed by atoms with E-state index in [-0.39, 0.29) is 24.9 Å². The maximum absolute atomic E-state index is 12.7. The van der Waals surface area contributed by atoms with Crippen LogP contribution in [0, 0.1) is 0 Å². The molecule has 28 heavy (non-hydrogen) atoms. The topological polar surface area (TPSA) is 99.0 Å². The lowest BCUT2D eigenvalue weighted by Gasteiger charge is -2.18. The maximum Gasteiger partial charge on any atom is 0.408 e. The lowest BCUT2D eigenvalue weighted by atomic mass is 9.95. The molecule has 3 rings (SSSR count). The molecule has 1 aliphatic carbocycles. The van der Waals surface area contributed by atoms with Crippen molar-refractivity contribution in [2.75, 3.05) is 0 Å². The lowest BCUT2D eigenvalue weighted by Crippen LogP contribution is -2.42. The van der Waals surface area contributed by atoms with Crippen LogP contribution >= 0.6 is 0 Å². The highest BCUT2D eigenvalue weighted by Crippen LogP contribution is 2.25. The minimum atomic E-state index is -0.651. The Morgan fingerprint density at radius 3 is 2.86 bits per heavy atom. The highest BCUT2D eigenvalue weighted by molar-refractivity contribution is 5.87. The van der Waals surface area contributed by atoms with Gasteiger partial charge in [-0.25, -0.2) is 9.48 Å². The van der Waals surface area contributed by atoms with Crippen LogP contribution in [0.1, 0.15) is 49.9 Å². The van der Waals surface area contributed by atoms with Gasteiger partial charge in [0.2, 0.25) is 0 Å². The molecule has 2 aromatic rings. The Morgan fingerprint density at radius 1 is 1.32 bits per heavy atom. The molecule has 0 spiro atoms. The first-order chi connectivity index (χ1) is 13.7. The molecule has 0 radical (unpaired) electrons. The number of benzene rings is 1. The summed E-state index contributed by atoms with van der Waals surface area (Å²) in [5, 5.41) is 14.4. The molecule has 1 aliphatic rings. The summed E-state index contributed by atoms with van der Waals surface area (Å²) in [7, 11) is 0. The fraction of sp³-hybridized carbons (Fsp3) is 0.450. The van der Waals surface area contributed by atoms with Crippen LogP contribution in [0.5, 0.6) is 0 Å². The van der Waals surface area contributed by atoms with E-state index < -0.39 is 12.1 Å². The first-order valence-corrected chi connectivity index (χ1v) is 9.60. The molecule has 1 heterocycles. The zero-order chi connectivity index (χ0) is 19.8. The van der Waals surface area contributed by atoms with Gasteiger partial charge in [0.05, 0.1) is 6.04 Å². The number of rotatable bonds is 8. The van der Waals surface area contributed by atoms with Crippen LogP contribution in [0.15, 0.2) is 42.5 Å². The molecular weight excluding hydrogens is 358 g/mol. The SMILES string of the molecule is CCC(NC(=O)OCc1ccccc1)C(=O)Cn1nnnc1C1C=CCCC1. The quantitative estimate of drug-likeness (QED) is 0.704. The molecule has 1 aromatic heterocycles. The number of nitrogens with one attached hydrogen (secondary N) is 1. The van der Waals surface area contributed by atoms with E-state index in [0.29, 0.717) is 12.2 Å². The molecule has 0 aliphatic heterocycles. The average molecular weight is 383 g/mol. The number of alkyl carbamates (subject to hydrolysis) is 1. The van der Waals surface area contributed by atoms with Gasteiger partial charge in [-0.05, 0) is 41.7 Å². The lowest BCUT2D eigenvalue weighted by molar-refractivity contribution is -0.121. The predicted molar refractivity (Wildman–Crippen MR) is 102 cm³/mol. The fourth-order valence-corrected chi connectivity index (χ4v) is 3.19. The Bertz CT molecular complexity index is 818. The highest BCUT2D eigenvalue weighted by atomic mass is 16.5. The number of nitrogens with zero attached hydrogens (tertiary/aromatic N) is 4. The number of ketones is 1. The van der Waals surface area contributed by atoms with Crippen molar-refractivity contribution >= 4 is 11.9 Å². The van der Waals surface area contributed by atoms with Crippen LogP contribution in [-0.4, -0.2) is 38.1 Å². The van der Waals surface area contributed by atoms with E-state index in [0.717, 1.165) is 24.8 Å². The first kappa shape index (κ1) is 19.7. The van der Waals surface area contributed by atoms with E-state index in [2.05, 4.69) is 33.0 Å². The summed E-state index contributed by atoms with van der Waals surface area (Å²) in [6.07, 6.45) is 7.15. The summed E-state index contributed by atoms with van der Waals surface area (Å²) in [5.74, 6) is 0.652. The Balaban J connectivity index is 1.55. The molecule has 0 fully saturated rings. The number of allylic oxidation sites excluding steroid dienone is 2. The molecule has 8 nitrogen and oxygen atoms in total. The molecule has 0 bridgehead atoms. The molecule has 1 amide bonds. The van der Waals surface area contributed by atoms with E-state index in [1.54, 1.807) is 0 Å². The molecule has 1 N–H and O–H groups in total. The van der Waals surface area contributed by atoms with Gasteiger partial charge in [-0.2, -0.15) is 0 Å². The number of carbonyl (C=O) groups excluding carboxylic acids is 2. The van der Waals surface area contributed by atoms with Gasteiger partial charge in [-0.1, -0.05) is 49.4 Å². The van der Waals surface area contributed by atoms with Crippen LogP contribution in [-0.2, 0) is 22.7 Å². The van der Waals surface area contributed by atoms with Gasteiger partial charge < -0.3 is 10.1 Å². The Hall–Kier alpha value is -3.03. The van der Waals surface area contributed by atoms with Crippen molar-refractivity contribution < 1.29 is 14.3 Å². The average Bonchev–Trinajstić information content (AvgIpc) is 3.20.